The summed E-state index contributed by atoms with van der Waals surface area (Å²) in [5.41, 5.74) is 0.732. The van der Waals surface area contributed by atoms with E-state index in [1.807, 2.05) is 13.8 Å². The Hall–Kier alpha value is -2.03. The lowest BCUT2D eigenvalue weighted by molar-refractivity contribution is 0.0971. The van der Waals surface area contributed by atoms with Crippen molar-refractivity contribution < 1.29 is 17.7 Å². The smallest absolute Gasteiger partial charge is 0.269 e. The lowest BCUT2D eigenvalue weighted by Crippen LogP contribution is -2.33. The maximum atomic E-state index is 12.6. The van der Waals surface area contributed by atoms with E-state index < -0.39 is 10.0 Å². The summed E-state index contributed by atoms with van der Waals surface area (Å²) in [6.07, 6.45) is 1.30. The molecule has 120 valence electrons. The van der Waals surface area contributed by atoms with Gasteiger partial charge >= 0.3 is 0 Å². The third-order valence-electron chi connectivity index (χ3n) is 3.50. The van der Waals surface area contributed by atoms with Gasteiger partial charge in [0.2, 0.25) is 5.88 Å². The Balaban J connectivity index is 1.96. The van der Waals surface area contributed by atoms with Crippen molar-refractivity contribution in [2.75, 3.05) is 11.3 Å². The molecule has 0 amide bonds. The summed E-state index contributed by atoms with van der Waals surface area (Å²) < 4.78 is 39.8. The highest BCUT2D eigenvalue weighted by atomic mass is 32.2. The van der Waals surface area contributed by atoms with Gasteiger partial charge in [0.1, 0.15) is 11.4 Å². The quantitative estimate of drug-likeness (QED) is 0.921. The summed E-state index contributed by atoms with van der Waals surface area (Å²) >= 11 is 0. The predicted octanol–water partition coefficient (Wildman–Crippen LogP) is 1.71. The Morgan fingerprint density at radius 3 is 2.73 bits per heavy atom. The van der Waals surface area contributed by atoms with Gasteiger partial charge in [-0.15, -0.1) is 0 Å². The van der Waals surface area contributed by atoms with Crippen LogP contribution in [0.2, 0.25) is 0 Å². The first-order valence-corrected chi connectivity index (χ1v) is 8.32. The standard InChI is InChI=1S/C13H18N4O4S/c1-8-11(9(2)21-15-8)16-22(18,19)10-5-14-17-6-13(3,4)7-20-12(10)17/h5,16H,6-7H2,1-4H3. The maximum Gasteiger partial charge on any atom is 0.269 e. The number of ether oxygens (including phenoxy) is 1. The molecule has 0 bridgehead atoms. The average Bonchev–Trinajstić information content (AvgIpc) is 2.95. The lowest BCUT2D eigenvalue weighted by Gasteiger charge is -2.30. The van der Waals surface area contributed by atoms with Gasteiger partial charge in [-0.3, -0.25) is 4.72 Å². The fraction of sp³-hybridized carbons (Fsp3) is 0.538. The number of nitrogens with zero attached hydrogens (tertiary/aromatic N) is 3. The zero-order valence-corrected chi connectivity index (χ0v) is 13.7. The summed E-state index contributed by atoms with van der Waals surface area (Å²) in [5, 5.41) is 7.86. The van der Waals surface area contributed by atoms with Gasteiger partial charge in [0.15, 0.2) is 10.7 Å². The third-order valence-corrected chi connectivity index (χ3v) is 4.83. The van der Waals surface area contributed by atoms with Gasteiger partial charge in [-0.2, -0.15) is 5.10 Å². The van der Waals surface area contributed by atoms with Crippen LogP contribution in [-0.4, -0.2) is 30.0 Å². The van der Waals surface area contributed by atoms with Crippen molar-refractivity contribution in [3.63, 3.8) is 0 Å². The third kappa shape index (κ3) is 2.45. The second-order valence-electron chi connectivity index (χ2n) is 6.23. The second kappa shape index (κ2) is 4.73. The first-order valence-electron chi connectivity index (χ1n) is 6.84. The highest BCUT2D eigenvalue weighted by Gasteiger charge is 2.33. The Labute approximate surface area is 128 Å². The minimum absolute atomic E-state index is 0.0167. The summed E-state index contributed by atoms with van der Waals surface area (Å²) in [6, 6.07) is 0. The van der Waals surface area contributed by atoms with Gasteiger partial charge in [0.05, 0.1) is 19.3 Å². The van der Waals surface area contributed by atoms with E-state index in [4.69, 9.17) is 9.26 Å². The van der Waals surface area contributed by atoms with Crippen molar-refractivity contribution in [1.82, 2.24) is 14.9 Å². The summed E-state index contributed by atoms with van der Waals surface area (Å²) in [5.74, 6) is 0.669. The fourth-order valence-electron chi connectivity index (χ4n) is 2.33. The summed E-state index contributed by atoms with van der Waals surface area (Å²) in [6.45, 7) is 8.42. The number of sulfonamides is 1. The van der Waals surface area contributed by atoms with Crippen LogP contribution in [0.1, 0.15) is 25.3 Å². The Kier molecular flexibility index (Phi) is 3.20. The van der Waals surface area contributed by atoms with Crippen LogP contribution in [0.5, 0.6) is 5.88 Å². The predicted molar refractivity (Wildman–Crippen MR) is 78.3 cm³/mol. The number of anilines is 1. The first-order chi connectivity index (χ1) is 10.2. The van der Waals surface area contributed by atoms with Crippen LogP contribution in [-0.2, 0) is 16.6 Å². The fourth-order valence-corrected chi connectivity index (χ4v) is 3.58. The number of aryl methyl sites for hydroxylation is 2. The molecule has 2 aromatic rings. The van der Waals surface area contributed by atoms with Crippen molar-refractivity contribution in [3.05, 3.63) is 17.7 Å². The van der Waals surface area contributed by atoms with E-state index in [2.05, 4.69) is 15.0 Å². The van der Waals surface area contributed by atoms with Crippen molar-refractivity contribution >= 4 is 15.7 Å². The van der Waals surface area contributed by atoms with Crippen LogP contribution in [0, 0.1) is 19.3 Å². The lowest BCUT2D eigenvalue weighted by atomic mass is 9.94. The largest absolute Gasteiger partial charge is 0.476 e. The second-order valence-corrected chi connectivity index (χ2v) is 7.88. The molecular formula is C13H18N4O4S. The zero-order valence-electron chi connectivity index (χ0n) is 12.9. The molecule has 0 aliphatic carbocycles. The number of hydrogen-bond acceptors (Lipinski definition) is 6. The van der Waals surface area contributed by atoms with Gasteiger partial charge in [0.25, 0.3) is 10.0 Å². The molecule has 1 N–H and O–H groups in total. The zero-order chi connectivity index (χ0) is 16.1. The molecular weight excluding hydrogens is 308 g/mol. The van der Waals surface area contributed by atoms with E-state index in [1.165, 1.54) is 6.20 Å². The van der Waals surface area contributed by atoms with E-state index >= 15 is 0 Å². The molecule has 0 saturated carbocycles. The van der Waals surface area contributed by atoms with Crippen LogP contribution in [0.4, 0.5) is 5.69 Å². The van der Waals surface area contributed by atoms with Crippen molar-refractivity contribution in [3.8, 4) is 5.88 Å². The van der Waals surface area contributed by atoms with Gasteiger partial charge in [-0.25, -0.2) is 13.1 Å². The minimum Gasteiger partial charge on any atom is -0.476 e. The SMILES string of the molecule is Cc1noc(C)c1NS(=O)(=O)c1cnn2c1OCC(C)(C)C2. The Morgan fingerprint density at radius 2 is 2.09 bits per heavy atom. The molecule has 9 heteroatoms. The van der Waals surface area contributed by atoms with Crippen LogP contribution < -0.4 is 9.46 Å². The molecule has 1 aliphatic heterocycles. The molecule has 2 aromatic heterocycles. The molecule has 0 fully saturated rings. The molecule has 22 heavy (non-hydrogen) atoms. The van der Waals surface area contributed by atoms with E-state index in [9.17, 15) is 8.42 Å². The topological polar surface area (TPSA) is 99.3 Å². The van der Waals surface area contributed by atoms with Gasteiger partial charge < -0.3 is 9.26 Å². The number of hydrogen-bond donors (Lipinski definition) is 1. The molecule has 0 aromatic carbocycles. The number of aromatic nitrogens is 3. The van der Waals surface area contributed by atoms with Crippen LogP contribution >= 0.6 is 0 Å². The minimum atomic E-state index is -3.82. The first kappa shape index (κ1) is 14.9. The summed E-state index contributed by atoms with van der Waals surface area (Å²) in [7, 11) is -3.82. The molecule has 0 saturated heterocycles. The molecule has 8 nitrogen and oxygen atoms in total. The highest BCUT2D eigenvalue weighted by Crippen LogP contribution is 2.34. The Bertz CT molecular complexity index is 800. The van der Waals surface area contributed by atoms with Gasteiger partial charge in [-0.1, -0.05) is 19.0 Å². The maximum absolute atomic E-state index is 12.6. The number of nitrogens with one attached hydrogen (secondary N) is 1. The molecule has 1 aliphatic rings. The number of fused-ring (bicyclic) bond motifs is 1. The molecule has 3 heterocycles. The van der Waals surface area contributed by atoms with E-state index in [0.717, 1.165) is 0 Å². The van der Waals surface area contributed by atoms with Crippen molar-refractivity contribution in [2.24, 2.45) is 5.41 Å². The van der Waals surface area contributed by atoms with E-state index in [0.29, 0.717) is 30.3 Å². The van der Waals surface area contributed by atoms with Gasteiger partial charge in [-0.05, 0) is 13.8 Å². The molecule has 0 radical (unpaired) electrons. The molecule has 0 unspecified atom stereocenters. The highest BCUT2D eigenvalue weighted by molar-refractivity contribution is 7.92. The van der Waals surface area contributed by atoms with Crippen LogP contribution in [0.15, 0.2) is 15.6 Å². The van der Waals surface area contributed by atoms with Crippen LogP contribution in [0.3, 0.4) is 0 Å². The molecule has 3 rings (SSSR count). The molecule has 0 spiro atoms. The van der Waals surface area contributed by atoms with E-state index in [-0.39, 0.29) is 16.2 Å². The molecule has 0 atom stereocenters. The van der Waals surface area contributed by atoms with Crippen molar-refractivity contribution in [1.29, 1.82) is 0 Å². The monoisotopic (exact) mass is 326 g/mol. The number of rotatable bonds is 3. The van der Waals surface area contributed by atoms with Crippen molar-refractivity contribution in [2.45, 2.75) is 39.1 Å². The van der Waals surface area contributed by atoms with Gasteiger partial charge in [0, 0.05) is 5.41 Å². The average molecular weight is 326 g/mol. The van der Waals surface area contributed by atoms with Crippen LogP contribution in [0.25, 0.3) is 0 Å². The van der Waals surface area contributed by atoms with E-state index in [1.54, 1.807) is 18.5 Å². The summed E-state index contributed by atoms with van der Waals surface area (Å²) in [4.78, 5) is 0.0167. The normalized spacial score (nSPS) is 16.9. The Morgan fingerprint density at radius 1 is 1.36 bits per heavy atom.